The van der Waals surface area contributed by atoms with Crippen LogP contribution in [0.5, 0.6) is 0 Å². The van der Waals surface area contributed by atoms with Crippen LogP contribution in [0.4, 0.5) is 0 Å². The van der Waals surface area contributed by atoms with Crippen molar-refractivity contribution in [2.75, 3.05) is 13.1 Å². The maximum Gasteiger partial charge on any atom is 0.317 e. The van der Waals surface area contributed by atoms with Crippen LogP contribution in [-0.2, 0) is 16.8 Å². The molecule has 24 heavy (non-hydrogen) atoms. The minimum atomic E-state index is -0.812. The second kappa shape index (κ2) is 7.67. The van der Waals surface area contributed by atoms with Gasteiger partial charge in [0, 0.05) is 5.56 Å². The van der Waals surface area contributed by atoms with E-state index in [0.717, 1.165) is 30.0 Å². The van der Waals surface area contributed by atoms with Crippen molar-refractivity contribution in [3.8, 4) is 11.3 Å². The second-order valence-electron chi connectivity index (χ2n) is 7.20. The van der Waals surface area contributed by atoms with E-state index in [4.69, 9.17) is 9.52 Å². The number of hydrogen-bond donors (Lipinski definition) is 1. The van der Waals surface area contributed by atoms with Crippen LogP contribution in [0.15, 0.2) is 40.8 Å². The molecule has 0 aliphatic heterocycles. The fraction of sp³-hybridized carbons (Fsp3) is 0.450. The zero-order chi connectivity index (χ0) is 17.7. The topological polar surface area (TPSA) is 53.7 Å². The molecule has 0 saturated carbocycles. The number of furan rings is 1. The third-order valence-corrected chi connectivity index (χ3v) is 3.98. The molecule has 1 heterocycles. The molecular weight excluding hydrogens is 302 g/mol. The van der Waals surface area contributed by atoms with Crippen LogP contribution in [0.3, 0.4) is 0 Å². The molecule has 0 aliphatic carbocycles. The van der Waals surface area contributed by atoms with Crippen LogP contribution in [-0.4, -0.2) is 29.1 Å². The second-order valence-corrected chi connectivity index (χ2v) is 7.20. The Morgan fingerprint density at radius 3 is 2.33 bits per heavy atom. The van der Waals surface area contributed by atoms with E-state index in [2.05, 4.69) is 45.0 Å². The third-order valence-electron chi connectivity index (χ3n) is 3.98. The van der Waals surface area contributed by atoms with Crippen LogP contribution in [0, 0.1) is 0 Å². The van der Waals surface area contributed by atoms with Gasteiger partial charge in [-0.15, -0.1) is 0 Å². The molecule has 4 heteroatoms. The van der Waals surface area contributed by atoms with Gasteiger partial charge in [0.2, 0.25) is 0 Å². The summed E-state index contributed by atoms with van der Waals surface area (Å²) in [6.45, 7) is 9.90. The molecule has 0 saturated heterocycles. The molecule has 0 unspecified atom stereocenters. The van der Waals surface area contributed by atoms with Gasteiger partial charge >= 0.3 is 5.97 Å². The lowest BCUT2D eigenvalue weighted by Crippen LogP contribution is -2.29. The molecule has 0 amide bonds. The first-order valence-corrected chi connectivity index (χ1v) is 8.43. The number of carboxylic acid groups (broad SMARTS) is 1. The van der Waals surface area contributed by atoms with Crippen LogP contribution in [0.2, 0.25) is 0 Å². The summed E-state index contributed by atoms with van der Waals surface area (Å²) in [7, 11) is 0. The maximum atomic E-state index is 10.9. The summed E-state index contributed by atoms with van der Waals surface area (Å²) < 4.78 is 5.92. The van der Waals surface area contributed by atoms with Gasteiger partial charge in [-0.2, -0.15) is 0 Å². The summed E-state index contributed by atoms with van der Waals surface area (Å²) in [4.78, 5) is 12.8. The molecule has 0 spiro atoms. The Balaban J connectivity index is 2.10. The van der Waals surface area contributed by atoms with Crippen molar-refractivity contribution in [3.05, 3.63) is 47.7 Å². The van der Waals surface area contributed by atoms with Crippen molar-refractivity contribution in [1.82, 2.24) is 4.90 Å². The van der Waals surface area contributed by atoms with Gasteiger partial charge in [0.25, 0.3) is 0 Å². The summed E-state index contributed by atoms with van der Waals surface area (Å²) >= 11 is 0. The van der Waals surface area contributed by atoms with E-state index in [0.29, 0.717) is 6.54 Å². The van der Waals surface area contributed by atoms with Gasteiger partial charge in [0.15, 0.2) is 0 Å². The van der Waals surface area contributed by atoms with Gasteiger partial charge in [0.05, 0.1) is 13.1 Å². The van der Waals surface area contributed by atoms with Crippen molar-refractivity contribution < 1.29 is 14.3 Å². The van der Waals surface area contributed by atoms with Gasteiger partial charge in [-0.1, -0.05) is 52.0 Å². The maximum absolute atomic E-state index is 10.9. The Morgan fingerprint density at radius 2 is 1.79 bits per heavy atom. The molecule has 2 aromatic rings. The number of carbonyl (C=O) groups is 1. The van der Waals surface area contributed by atoms with E-state index < -0.39 is 5.97 Å². The van der Waals surface area contributed by atoms with Gasteiger partial charge in [-0.3, -0.25) is 9.69 Å². The van der Waals surface area contributed by atoms with Crippen LogP contribution in [0.1, 0.15) is 45.4 Å². The van der Waals surface area contributed by atoms with Gasteiger partial charge in [-0.25, -0.2) is 0 Å². The number of aliphatic carboxylic acids is 1. The van der Waals surface area contributed by atoms with Gasteiger partial charge in [-0.05, 0) is 36.1 Å². The summed E-state index contributed by atoms with van der Waals surface area (Å²) in [5.74, 6) is 0.796. The standard InChI is InChI=1S/C20H27NO3/c1-5-12-21(14-19(22)23)13-17-10-11-18(24-17)15-6-8-16(9-7-15)20(2,3)4/h6-11H,5,12-14H2,1-4H3,(H,22,23). The number of nitrogens with zero attached hydrogens (tertiary/aromatic N) is 1. The zero-order valence-electron chi connectivity index (χ0n) is 15.0. The van der Waals surface area contributed by atoms with E-state index in [1.54, 1.807) is 0 Å². The van der Waals surface area contributed by atoms with Crippen molar-refractivity contribution in [2.45, 2.75) is 46.1 Å². The smallest absolute Gasteiger partial charge is 0.317 e. The minimum absolute atomic E-state index is 0.0319. The highest BCUT2D eigenvalue weighted by molar-refractivity contribution is 5.69. The molecule has 0 atom stereocenters. The SMILES string of the molecule is CCCN(CC(=O)O)Cc1ccc(-c2ccc(C(C)(C)C)cc2)o1. The molecule has 4 nitrogen and oxygen atoms in total. The number of benzene rings is 1. The normalized spacial score (nSPS) is 11.9. The predicted molar refractivity (Wildman–Crippen MR) is 96.0 cm³/mol. The van der Waals surface area contributed by atoms with E-state index in [1.807, 2.05) is 24.0 Å². The first-order valence-electron chi connectivity index (χ1n) is 8.43. The van der Waals surface area contributed by atoms with Crippen molar-refractivity contribution >= 4 is 5.97 Å². The fourth-order valence-corrected chi connectivity index (χ4v) is 2.69. The molecule has 1 aromatic carbocycles. The Bertz CT molecular complexity index is 665. The molecule has 1 aromatic heterocycles. The molecule has 0 radical (unpaired) electrons. The molecule has 130 valence electrons. The Morgan fingerprint density at radius 1 is 1.12 bits per heavy atom. The molecule has 0 bridgehead atoms. The van der Waals surface area contributed by atoms with Crippen LogP contribution < -0.4 is 0 Å². The fourth-order valence-electron chi connectivity index (χ4n) is 2.69. The van der Waals surface area contributed by atoms with Crippen molar-refractivity contribution in [2.24, 2.45) is 0 Å². The molecule has 0 fully saturated rings. The quantitative estimate of drug-likeness (QED) is 0.810. The lowest BCUT2D eigenvalue weighted by molar-refractivity contribution is -0.138. The molecule has 2 rings (SSSR count). The molecular formula is C20H27NO3. The summed E-state index contributed by atoms with van der Waals surface area (Å²) in [6, 6.07) is 12.3. The summed E-state index contributed by atoms with van der Waals surface area (Å²) in [5.41, 5.74) is 2.45. The summed E-state index contributed by atoms with van der Waals surface area (Å²) in [6.07, 6.45) is 0.912. The average Bonchev–Trinajstić information content (AvgIpc) is 2.94. The number of hydrogen-bond acceptors (Lipinski definition) is 3. The number of carboxylic acids is 1. The van der Waals surface area contributed by atoms with Crippen molar-refractivity contribution in [3.63, 3.8) is 0 Å². The Hall–Kier alpha value is -2.07. The van der Waals surface area contributed by atoms with Crippen LogP contribution >= 0.6 is 0 Å². The first-order chi connectivity index (χ1) is 11.3. The van der Waals surface area contributed by atoms with E-state index >= 15 is 0 Å². The van der Waals surface area contributed by atoms with Crippen LogP contribution in [0.25, 0.3) is 11.3 Å². The van der Waals surface area contributed by atoms with E-state index in [1.165, 1.54) is 5.56 Å². The lowest BCUT2D eigenvalue weighted by Gasteiger charge is -2.19. The zero-order valence-corrected chi connectivity index (χ0v) is 15.0. The monoisotopic (exact) mass is 329 g/mol. The first kappa shape index (κ1) is 18.3. The highest BCUT2D eigenvalue weighted by Gasteiger charge is 2.15. The highest BCUT2D eigenvalue weighted by atomic mass is 16.4. The number of rotatable bonds is 7. The minimum Gasteiger partial charge on any atom is -0.480 e. The lowest BCUT2D eigenvalue weighted by atomic mass is 9.86. The Kier molecular flexibility index (Phi) is 5.84. The molecule has 0 aliphatic rings. The Labute approximate surface area is 144 Å². The van der Waals surface area contributed by atoms with Crippen molar-refractivity contribution in [1.29, 1.82) is 0 Å². The predicted octanol–water partition coefficient (Wildman–Crippen LogP) is 4.54. The average molecular weight is 329 g/mol. The molecule has 1 N–H and O–H groups in total. The van der Waals surface area contributed by atoms with E-state index in [9.17, 15) is 4.79 Å². The van der Waals surface area contributed by atoms with Gasteiger partial charge < -0.3 is 9.52 Å². The third kappa shape index (κ3) is 4.96. The highest BCUT2D eigenvalue weighted by Crippen LogP contribution is 2.27. The van der Waals surface area contributed by atoms with Gasteiger partial charge in [0.1, 0.15) is 11.5 Å². The summed E-state index contributed by atoms with van der Waals surface area (Å²) in [5, 5.41) is 8.99. The van der Waals surface area contributed by atoms with E-state index in [-0.39, 0.29) is 12.0 Å². The largest absolute Gasteiger partial charge is 0.480 e.